The van der Waals surface area contributed by atoms with Crippen molar-refractivity contribution in [3.05, 3.63) is 47.9 Å². The van der Waals surface area contributed by atoms with E-state index in [4.69, 9.17) is 0 Å². The van der Waals surface area contributed by atoms with E-state index in [2.05, 4.69) is 60.3 Å². The lowest BCUT2D eigenvalue weighted by molar-refractivity contribution is 0.691. The number of nitrogens with zero attached hydrogens (tertiary/aromatic N) is 2. The van der Waals surface area contributed by atoms with Crippen LogP contribution in [-0.4, -0.2) is 16.5 Å². The molecule has 2 rings (SSSR count). The summed E-state index contributed by atoms with van der Waals surface area (Å²) in [6.45, 7) is 8.20. The second-order valence-corrected chi connectivity index (χ2v) is 5.07. The number of aromatic nitrogens is 2. The zero-order valence-electron chi connectivity index (χ0n) is 12.6. The smallest absolute Gasteiger partial charge is 0.142 e. The average Bonchev–Trinajstić information content (AvgIpc) is 2.52. The van der Waals surface area contributed by atoms with Gasteiger partial charge in [0, 0.05) is 11.8 Å². The lowest BCUT2D eigenvalue weighted by Gasteiger charge is -2.10. The first kappa shape index (κ1) is 14.7. The quantitative estimate of drug-likeness (QED) is 0.867. The third-order valence-electron chi connectivity index (χ3n) is 3.63. The molecule has 106 valence electrons. The molecule has 1 aromatic carbocycles. The lowest BCUT2D eigenvalue weighted by Crippen LogP contribution is -2.14. The summed E-state index contributed by atoms with van der Waals surface area (Å²) in [7, 11) is 0. The Labute approximate surface area is 121 Å². The highest BCUT2D eigenvalue weighted by Gasteiger charge is 2.05. The maximum Gasteiger partial charge on any atom is 0.142 e. The summed E-state index contributed by atoms with van der Waals surface area (Å²) in [6, 6.07) is 10.7. The van der Waals surface area contributed by atoms with Crippen LogP contribution in [0.4, 0.5) is 0 Å². The fraction of sp³-hybridized carbons (Fsp3) is 0.412. The SMILES string of the molecule is CCNCc1nccc(-c2ccc(C(C)CC)cc2)n1. The van der Waals surface area contributed by atoms with Crippen molar-refractivity contribution < 1.29 is 0 Å². The molecule has 20 heavy (non-hydrogen) atoms. The first-order chi connectivity index (χ1) is 9.74. The van der Waals surface area contributed by atoms with Gasteiger partial charge in [-0.15, -0.1) is 0 Å². The monoisotopic (exact) mass is 269 g/mol. The van der Waals surface area contributed by atoms with Crippen molar-refractivity contribution in [2.45, 2.75) is 39.7 Å². The second-order valence-electron chi connectivity index (χ2n) is 5.07. The topological polar surface area (TPSA) is 37.8 Å². The molecule has 0 aliphatic heterocycles. The van der Waals surface area contributed by atoms with Crippen LogP contribution in [0.25, 0.3) is 11.3 Å². The van der Waals surface area contributed by atoms with Crippen LogP contribution in [0.5, 0.6) is 0 Å². The normalized spacial score (nSPS) is 12.3. The molecule has 0 spiro atoms. The predicted octanol–water partition coefficient (Wildman–Crippen LogP) is 3.77. The van der Waals surface area contributed by atoms with Gasteiger partial charge >= 0.3 is 0 Å². The molecule has 0 radical (unpaired) electrons. The fourth-order valence-corrected chi connectivity index (χ4v) is 2.10. The van der Waals surface area contributed by atoms with Crippen LogP contribution in [-0.2, 0) is 6.54 Å². The van der Waals surface area contributed by atoms with E-state index >= 15 is 0 Å². The van der Waals surface area contributed by atoms with E-state index in [1.165, 1.54) is 12.0 Å². The molecule has 1 N–H and O–H groups in total. The molecule has 3 nitrogen and oxygen atoms in total. The molecule has 0 amide bonds. The van der Waals surface area contributed by atoms with Gasteiger partial charge in [-0.2, -0.15) is 0 Å². The zero-order chi connectivity index (χ0) is 14.4. The summed E-state index contributed by atoms with van der Waals surface area (Å²) in [4.78, 5) is 8.89. The highest BCUT2D eigenvalue weighted by molar-refractivity contribution is 5.59. The molecule has 1 heterocycles. The number of nitrogens with one attached hydrogen (secondary N) is 1. The molecular formula is C17H23N3. The standard InChI is InChI=1S/C17H23N3/c1-4-13(3)14-6-8-15(9-7-14)16-10-11-19-17(20-16)12-18-5-2/h6-11,13,18H,4-5,12H2,1-3H3. The van der Waals surface area contributed by atoms with Gasteiger partial charge in [0.15, 0.2) is 0 Å². The molecule has 0 fully saturated rings. The maximum atomic E-state index is 4.60. The van der Waals surface area contributed by atoms with Crippen LogP contribution in [0.3, 0.4) is 0 Å². The fourth-order valence-electron chi connectivity index (χ4n) is 2.10. The highest BCUT2D eigenvalue weighted by Crippen LogP contribution is 2.22. The van der Waals surface area contributed by atoms with E-state index in [0.29, 0.717) is 5.92 Å². The van der Waals surface area contributed by atoms with Crippen LogP contribution >= 0.6 is 0 Å². The van der Waals surface area contributed by atoms with Gasteiger partial charge in [0.1, 0.15) is 5.82 Å². The summed E-state index contributed by atoms with van der Waals surface area (Å²) in [5.41, 5.74) is 3.53. The van der Waals surface area contributed by atoms with E-state index < -0.39 is 0 Å². The maximum absolute atomic E-state index is 4.60. The average molecular weight is 269 g/mol. The van der Waals surface area contributed by atoms with Gasteiger partial charge < -0.3 is 5.32 Å². The summed E-state index contributed by atoms with van der Waals surface area (Å²) in [5.74, 6) is 1.45. The van der Waals surface area contributed by atoms with Gasteiger partial charge in [-0.3, -0.25) is 0 Å². The zero-order valence-corrected chi connectivity index (χ0v) is 12.6. The van der Waals surface area contributed by atoms with Crippen LogP contribution in [0.15, 0.2) is 36.5 Å². The van der Waals surface area contributed by atoms with Crippen molar-refractivity contribution in [1.82, 2.24) is 15.3 Å². The molecule has 0 aliphatic rings. The number of rotatable bonds is 6. The Hall–Kier alpha value is -1.74. The first-order valence-corrected chi connectivity index (χ1v) is 7.37. The summed E-state index contributed by atoms with van der Waals surface area (Å²) in [5, 5.41) is 3.25. The molecule has 3 heteroatoms. The Balaban J connectivity index is 2.18. The van der Waals surface area contributed by atoms with Crippen molar-refractivity contribution in [3.8, 4) is 11.3 Å². The molecule has 1 aromatic heterocycles. The first-order valence-electron chi connectivity index (χ1n) is 7.37. The molecule has 0 saturated heterocycles. The molecule has 2 aromatic rings. The van der Waals surface area contributed by atoms with Crippen LogP contribution < -0.4 is 5.32 Å². The van der Waals surface area contributed by atoms with Crippen molar-refractivity contribution in [1.29, 1.82) is 0 Å². The van der Waals surface area contributed by atoms with E-state index in [-0.39, 0.29) is 0 Å². The number of hydrogen-bond donors (Lipinski definition) is 1. The van der Waals surface area contributed by atoms with Gasteiger partial charge in [-0.25, -0.2) is 9.97 Å². The minimum atomic E-state index is 0.610. The Morgan fingerprint density at radius 1 is 1.10 bits per heavy atom. The molecular weight excluding hydrogens is 246 g/mol. The largest absolute Gasteiger partial charge is 0.310 e. The summed E-state index contributed by atoms with van der Waals surface area (Å²) in [6.07, 6.45) is 3.00. The van der Waals surface area contributed by atoms with Gasteiger partial charge in [0.25, 0.3) is 0 Å². The van der Waals surface area contributed by atoms with Crippen molar-refractivity contribution >= 4 is 0 Å². The van der Waals surface area contributed by atoms with E-state index in [1.807, 2.05) is 12.3 Å². The Morgan fingerprint density at radius 2 is 1.85 bits per heavy atom. The predicted molar refractivity (Wildman–Crippen MR) is 83.6 cm³/mol. The van der Waals surface area contributed by atoms with Gasteiger partial charge in [0.05, 0.1) is 12.2 Å². The lowest BCUT2D eigenvalue weighted by atomic mass is 9.97. The van der Waals surface area contributed by atoms with Crippen LogP contribution in [0, 0.1) is 0 Å². The van der Waals surface area contributed by atoms with Crippen molar-refractivity contribution in [3.63, 3.8) is 0 Å². The number of hydrogen-bond acceptors (Lipinski definition) is 3. The minimum absolute atomic E-state index is 0.610. The van der Waals surface area contributed by atoms with Gasteiger partial charge in [-0.05, 0) is 30.5 Å². The molecule has 0 aliphatic carbocycles. The van der Waals surface area contributed by atoms with Crippen LogP contribution in [0.2, 0.25) is 0 Å². The van der Waals surface area contributed by atoms with E-state index in [0.717, 1.165) is 30.2 Å². The summed E-state index contributed by atoms with van der Waals surface area (Å²) >= 11 is 0. The molecule has 0 bridgehead atoms. The Morgan fingerprint density at radius 3 is 2.50 bits per heavy atom. The number of benzene rings is 1. The van der Waals surface area contributed by atoms with Crippen LogP contribution in [0.1, 0.15) is 44.5 Å². The van der Waals surface area contributed by atoms with E-state index in [1.54, 1.807) is 0 Å². The molecule has 0 saturated carbocycles. The second kappa shape index (κ2) is 7.15. The Bertz CT molecular complexity index is 534. The highest BCUT2D eigenvalue weighted by atomic mass is 15.0. The van der Waals surface area contributed by atoms with Gasteiger partial charge in [-0.1, -0.05) is 45.0 Å². The van der Waals surface area contributed by atoms with Crippen molar-refractivity contribution in [2.24, 2.45) is 0 Å². The van der Waals surface area contributed by atoms with Crippen molar-refractivity contribution in [2.75, 3.05) is 6.54 Å². The minimum Gasteiger partial charge on any atom is -0.310 e. The van der Waals surface area contributed by atoms with E-state index in [9.17, 15) is 0 Å². The van der Waals surface area contributed by atoms with Gasteiger partial charge in [0.2, 0.25) is 0 Å². The third-order valence-corrected chi connectivity index (χ3v) is 3.63. The molecule has 1 unspecified atom stereocenters. The molecule has 1 atom stereocenters. The third kappa shape index (κ3) is 3.64. The summed E-state index contributed by atoms with van der Waals surface area (Å²) < 4.78 is 0. The Kier molecular flexibility index (Phi) is 5.24.